The summed E-state index contributed by atoms with van der Waals surface area (Å²) in [7, 11) is 0. The average Bonchev–Trinajstić information content (AvgIpc) is 2.74. The molecular formula is C16H22N2OS. The van der Waals surface area contributed by atoms with Crippen LogP contribution in [0.15, 0.2) is 24.3 Å². The normalized spacial score (nSPS) is 24.9. The lowest BCUT2D eigenvalue weighted by Crippen LogP contribution is -2.33. The molecule has 2 heterocycles. The minimum atomic E-state index is -0.572. The Morgan fingerprint density at radius 1 is 1.30 bits per heavy atom. The molecule has 1 aromatic heterocycles. The Morgan fingerprint density at radius 3 is 2.95 bits per heavy atom. The maximum Gasteiger partial charge on any atom is 0.0967 e. The number of para-hydroxylation sites is 1. The van der Waals surface area contributed by atoms with Crippen molar-refractivity contribution in [2.45, 2.75) is 38.2 Å². The third kappa shape index (κ3) is 3.03. The topological polar surface area (TPSA) is 36.4 Å². The summed E-state index contributed by atoms with van der Waals surface area (Å²) < 4.78 is 1.22. The Hall–Kier alpha value is -0.970. The number of rotatable bonds is 3. The summed E-state index contributed by atoms with van der Waals surface area (Å²) in [6, 6.07) is 8.22. The number of nitrogens with zero attached hydrogens (tertiary/aromatic N) is 2. The third-order valence-corrected chi connectivity index (χ3v) is 5.31. The highest BCUT2D eigenvalue weighted by molar-refractivity contribution is 7.18. The monoisotopic (exact) mass is 290 g/mol. The van der Waals surface area contributed by atoms with Crippen LogP contribution in [0, 0.1) is 0 Å². The van der Waals surface area contributed by atoms with E-state index in [1.54, 1.807) is 11.3 Å². The van der Waals surface area contributed by atoms with Crippen LogP contribution in [0.1, 0.15) is 31.2 Å². The van der Waals surface area contributed by atoms with Gasteiger partial charge < -0.3 is 10.0 Å². The van der Waals surface area contributed by atoms with E-state index in [9.17, 15) is 5.11 Å². The van der Waals surface area contributed by atoms with Crippen LogP contribution in [-0.4, -0.2) is 40.2 Å². The number of aliphatic hydroxyl groups is 1. The van der Waals surface area contributed by atoms with Gasteiger partial charge in [-0.1, -0.05) is 19.1 Å². The molecule has 0 aliphatic carbocycles. The van der Waals surface area contributed by atoms with Gasteiger partial charge in [0.2, 0.25) is 0 Å². The van der Waals surface area contributed by atoms with Crippen LogP contribution in [-0.2, 0) is 6.42 Å². The number of hydrogen-bond donors (Lipinski definition) is 1. The molecule has 3 rings (SSSR count). The van der Waals surface area contributed by atoms with Gasteiger partial charge in [0, 0.05) is 13.0 Å². The molecule has 1 aliphatic rings. The minimum absolute atomic E-state index is 0.572. The standard InChI is InChI=1S/C16H22N2OS/c1-2-18-10-5-8-16(19,9-11-18)12-15-17-13-6-3-4-7-14(13)20-15/h3-4,6-7,19H,2,5,8-12H2,1H3. The molecule has 1 aromatic carbocycles. The summed E-state index contributed by atoms with van der Waals surface area (Å²) in [6.07, 6.45) is 3.52. The van der Waals surface area contributed by atoms with E-state index in [0.29, 0.717) is 6.42 Å². The summed E-state index contributed by atoms with van der Waals surface area (Å²) >= 11 is 1.72. The van der Waals surface area contributed by atoms with Gasteiger partial charge in [0.05, 0.1) is 20.8 Å². The molecule has 1 N–H and O–H groups in total. The zero-order valence-electron chi connectivity index (χ0n) is 12.0. The van der Waals surface area contributed by atoms with E-state index in [1.165, 1.54) is 4.70 Å². The first-order valence-electron chi connectivity index (χ1n) is 7.48. The smallest absolute Gasteiger partial charge is 0.0967 e. The molecule has 1 unspecified atom stereocenters. The fraction of sp³-hybridized carbons (Fsp3) is 0.562. The van der Waals surface area contributed by atoms with Crippen molar-refractivity contribution in [1.29, 1.82) is 0 Å². The molecule has 1 aliphatic heterocycles. The number of benzene rings is 1. The van der Waals surface area contributed by atoms with Gasteiger partial charge in [-0.3, -0.25) is 0 Å². The van der Waals surface area contributed by atoms with Crippen LogP contribution >= 0.6 is 11.3 Å². The molecule has 0 spiro atoms. The van der Waals surface area contributed by atoms with Crippen LogP contribution in [0.4, 0.5) is 0 Å². The maximum absolute atomic E-state index is 10.9. The van der Waals surface area contributed by atoms with Gasteiger partial charge >= 0.3 is 0 Å². The van der Waals surface area contributed by atoms with Crippen molar-refractivity contribution >= 4 is 21.6 Å². The van der Waals surface area contributed by atoms with E-state index in [4.69, 9.17) is 0 Å². The van der Waals surface area contributed by atoms with Crippen molar-refractivity contribution < 1.29 is 5.11 Å². The van der Waals surface area contributed by atoms with E-state index in [1.807, 2.05) is 18.2 Å². The van der Waals surface area contributed by atoms with E-state index in [0.717, 1.165) is 49.4 Å². The zero-order chi connectivity index (χ0) is 14.0. The van der Waals surface area contributed by atoms with Crippen molar-refractivity contribution in [3.63, 3.8) is 0 Å². The van der Waals surface area contributed by atoms with Crippen molar-refractivity contribution in [1.82, 2.24) is 9.88 Å². The van der Waals surface area contributed by atoms with Gasteiger partial charge in [-0.25, -0.2) is 4.98 Å². The number of likely N-dealkylation sites (tertiary alicyclic amines) is 1. The lowest BCUT2D eigenvalue weighted by atomic mass is 9.91. The van der Waals surface area contributed by atoms with Crippen LogP contribution in [0.5, 0.6) is 0 Å². The second-order valence-corrected chi connectivity index (χ2v) is 6.88. The van der Waals surface area contributed by atoms with E-state index < -0.39 is 5.60 Å². The summed E-state index contributed by atoms with van der Waals surface area (Å²) in [5.41, 5.74) is 0.484. The first kappa shape index (κ1) is 14.0. The lowest BCUT2D eigenvalue weighted by molar-refractivity contribution is 0.0258. The van der Waals surface area contributed by atoms with Crippen molar-refractivity contribution in [3.8, 4) is 0 Å². The highest BCUT2D eigenvalue weighted by atomic mass is 32.1. The number of thiazole rings is 1. The Morgan fingerprint density at radius 2 is 2.15 bits per heavy atom. The number of hydrogen-bond acceptors (Lipinski definition) is 4. The number of fused-ring (bicyclic) bond motifs is 1. The summed E-state index contributed by atoms with van der Waals surface area (Å²) in [6.45, 7) is 5.38. The first-order chi connectivity index (χ1) is 9.68. The highest BCUT2D eigenvalue weighted by Crippen LogP contribution is 2.30. The highest BCUT2D eigenvalue weighted by Gasteiger charge is 2.31. The lowest BCUT2D eigenvalue weighted by Gasteiger charge is -2.25. The largest absolute Gasteiger partial charge is 0.389 e. The molecule has 1 atom stereocenters. The van der Waals surface area contributed by atoms with Crippen LogP contribution < -0.4 is 0 Å². The van der Waals surface area contributed by atoms with E-state index >= 15 is 0 Å². The van der Waals surface area contributed by atoms with Gasteiger partial charge in [0.15, 0.2) is 0 Å². The average molecular weight is 290 g/mol. The van der Waals surface area contributed by atoms with E-state index in [2.05, 4.69) is 22.9 Å². The molecule has 1 fully saturated rings. The maximum atomic E-state index is 10.9. The second kappa shape index (κ2) is 5.80. The van der Waals surface area contributed by atoms with Crippen LogP contribution in [0.3, 0.4) is 0 Å². The fourth-order valence-corrected chi connectivity index (χ4v) is 4.11. The molecule has 0 saturated carbocycles. The SMILES string of the molecule is CCN1CCCC(O)(Cc2nc3ccccc3s2)CC1. The van der Waals surface area contributed by atoms with Crippen molar-refractivity contribution in [3.05, 3.63) is 29.3 Å². The summed E-state index contributed by atoms with van der Waals surface area (Å²) in [5, 5.41) is 12.0. The van der Waals surface area contributed by atoms with E-state index in [-0.39, 0.29) is 0 Å². The Labute approximate surface area is 124 Å². The summed E-state index contributed by atoms with van der Waals surface area (Å²) in [4.78, 5) is 7.09. The van der Waals surface area contributed by atoms with Crippen LogP contribution in [0.2, 0.25) is 0 Å². The molecule has 2 aromatic rings. The molecular weight excluding hydrogens is 268 g/mol. The molecule has 0 amide bonds. The van der Waals surface area contributed by atoms with Gasteiger partial charge in [0.1, 0.15) is 0 Å². The Kier molecular flexibility index (Phi) is 4.06. The molecule has 108 valence electrons. The zero-order valence-corrected chi connectivity index (χ0v) is 12.8. The Balaban J connectivity index is 1.75. The van der Waals surface area contributed by atoms with Crippen LogP contribution in [0.25, 0.3) is 10.2 Å². The molecule has 3 nitrogen and oxygen atoms in total. The second-order valence-electron chi connectivity index (χ2n) is 5.76. The van der Waals surface area contributed by atoms with Gasteiger partial charge in [-0.15, -0.1) is 11.3 Å². The molecule has 1 saturated heterocycles. The molecule has 0 bridgehead atoms. The predicted molar refractivity (Wildman–Crippen MR) is 84.2 cm³/mol. The first-order valence-corrected chi connectivity index (χ1v) is 8.29. The quantitative estimate of drug-likeness (QED) is 0.944. The number of aromatic nitrogens is 1. The predicted octanol–water partition coefficient (Wildman–Crippen LogP) is 3.08. The molecule has 20 heavy (non-hydrogen) atoms. The van der Waals surface area contributed by atoms with Gasteiger partial charge in [-0.05, 0) is 44.5 Å². The molecule has 0 radical (unpaired) electrons. The third-order valence-electron chi connectivity index (χ3n) is 4.28. The minimum Gasteiger partial charge on any atom is -0.389 e. The van der Waals surface area contributed by atoms with Gasteiger partial charge in [-0.2, -0.15) is 0 Å². The molecule has 4 heteroatoms. The van der Waals surface area contributed by atoms with Crippen molar-refractivity contribution in [2.75, 3.05) is 19.6 Å². The van der Waals surface area contributed by atoms with Crippen molar-refractivity contribution in [2.24, 2.45) is 0 Å². The van der Waals surface area contributed by atoms with Gasteiger partial charge in [0.25, 0.3) is 0 Å². The summed E-state index contributed by atoms with van der Waals surface area (Å²) in [5.74, 6) is 0. The fourth-order valence-electron chi connectivity index (χ4n) is 3.00. The Bertz CT molecular complexity index is 550.